The SMILES string of the molecule is Cc1cc(O)cc(C)c1[C@@H](N)C(F)(F)CO.Cl. The molecular formula is C11H16ClF2NO2. The van der Waals surface area contributed by atoms with Gasteiger partial charge >= 0.3 is 0 Å². The highest BCUT2D eigenvalue weighted by atomic mass is 35.5. The Morgan fingerprint density at radius 3 is 2.06 bits per heavy atom. The second-order valence-electron chi connectivity index (χ2n) is 3.89. The second-order valence-corrected chi connectivity index (χ2v) is 3.89. The van der Waals surface area contributed by atoms with E-state index in [1.807, 2.05) is 0 Å². The quantitative estimate of drug-likeness (QED) is 0.785. The Morgan fingerprint density at radius 1 is 1.29 bits per heavy atom. The summed E-state index contributed by atoms with van der Waals surface area (Å²) in [6, 6.07) is 1.17. The van der Waals surface area contributed by atoms with Gasteiger partial charge in [-0.1, -0.05) is 0 Å². The van der Waals surface area contributed by atoms with Crippen LogP contribution in [-0.2, 0) is 0 Å². The lowest BCUT2D eigenvalue weighted by molar-refractivity contribution is -0.0714. The molecule has 0 aliphatic heterocycles. The fraction of sp³-hybridized carbons (Fsp3) is 0.455. The number of alkyl halides is 2. The average Bonchev–Trinajstić information content (AvgIpc) is 2.15. The van der Waals surface area contributed by atoms with E-state index in [-0.39, 0.29) is 23.7 Å². The lowest BCUT2D eigenvalue weighted by Gasteiger charge is -2.24. The van der Waals surface area contributed by atoms with Crippen molar-refractivity contribution in [2.24, 2.45) is 5.73 Å². The third kappa shape index (κ3) is 3.28. The van der Waals surface area contributed by atoms with Gasteiger partial charge in [0.1, 0.15) is 12.4 Å². The molecule has 0 aliphatic carbocycles. The number of aromatic hydroxyl groups is 1. The standard InChI is InChI=1S/C11H15F2NO2.ClH/c1-6-3-8(16)4-7(2)9(6)10(14)11(12,13)5-15;/h3-4,10,15-16H,5,14H2,1-2H3;1H/t10-;/m1./s1. The van der Waals surface area contributed by atoms with Gasteiger partial charge in [0.2, 0.25) is 0 Å². The third-order valence-corrected chi connectivity index (χ3v) is 2.56. The summed E-state index contributed by atoms with van der Waals surface area (Å²) >= 11 is 0. The number of benzene rings is 1. The highest BCUT2D eigenvalue weighted by molar-refractivity contribution is 5.85. The minimum Gasteiger partial charge on any atom is -0.508 e. The number of rotatable bonds is 3. The van der Waals surface area contributed by atoms with Crippen LogP contribution < -0.4 is 5.73 Å². The Hall–Kier alpha value is -0.910. The van der Waals surface area contributed by atoms with E-state index in [9.17, 15) is 13.9 Å². The molecule has 0 heterocycles. The number of phenols is 1. The first-order valence-corrected chi connectivity index (χ1v) is 4.84. The van der Waals surface area contributed by atoms with Gasteiger partial charge in [0.15, 0.2) is 0 Å². The maximum Gasteiger partial charge on any atom is 0.289 e. The number of halogens is 3. The van der Waals surface area contributed by atoms with Crippen LogP contribution in [0.1, 0.15) is 22.7 Å². The maximum absolute atomic E-state index is 13.3. The highest BCUT2D eigenvalue weighted by Crippen LogP contribution is 2.34. The van der Waals surface area contributed by atoms with Gasteiger partial charge in [0.05, 0.1) is 6.04 Å². The van der Waals surface area contributed by atoms with Crippen molar-refractivity contribution in [1.29, 1.82) is 0 Å². The summed E-state index contributed by atoms with van der Waals surface area (Å²) in [6.45, 7) is 1.89. The molecule has 0 unspecified atom stereocenters. The van der Waals surface area contributed by atoms with Gasteiger partial charge in [0.25, 0.3) is 5.92 Å². The lowest BCUT2D eigenvalue weighted by Crippen LogP contribution is -2.37. The van der Waals surface area contributed by atoms with Crippen molar-refractivity contribution in [3.63, 3.8) is 0 Å². The zero-order valence-electron chi connectivity index (χ0n) is 9.58. The van der Waals surface area contributed by atoms with Gasteiger partial charge in [-0.15, -0.1) is 12.4 Å². The van der Waals surface area contributed by atoms with E-state index >= 15 is 0 Å². The Morgan fingerprint density at radius 2 is 1.71 bits per heavy atom. The van der Waals surface area contributed by atoms with E-state index in [1.54, 1.807) is 13.8 Å². The van der Waals surface area contributed by atoms with Crippen LogP contribution >= 0.6 is 12.4 Å². The van der Waals surface area contributed by atoms with E-state index in [2.05, 4.69) is 0 Å². The molecule has 1 atom stereocenters. The zero-order chi connectivity index (χ0) is 12.5. The highest BCUT2D eigenvalue weighted by Gasteiger charge is 2.38. The number of aliphatic hydroxyl groups excluding tert-OH is 1. The Bertz CT molecular complexity index is 376. The van der Waals surface area contributed by atoms with E-state index in [1.165, 1.54) is 12.1 Å². The van der Waals surface area contributed by atoms with Crippen molar-refractivity contribution in [3.05, 3.63) is 28.8 Å². The largest absolute Gasteiger partial charge is 0.508 e. The molecule has 98 valence electrons. The summed E-state index contributed by atoms with van der Waals surface area (Å²) in [5.74, 6) is -3.36. The van der Waals surface area contributed by atoms with Crippen molar-refractivity contribution < 1.29 is 19.0 Å². The monoisotopic (exact) mass is 267 g/mol. The van der Waals surface area contributed by atoms with Crippen LogP contribution in [0.5, 0.6) is 5.75 Å². The molecule has 0 spiro atoms. The van der Waals surface area contributed by atoms with Crippen molar-refractivity contribution in [1.82, 2.24) is 0 Å². The molecule has 0 bridgehead atoms. The Kier molecular flexibility index (Phi) is 5.32. The number of nitrogens with two attached hydrogens (primary N) is 1. The predicted octanol–water partition coefficient (Wildman–Crippen LogP) is 2.06. The summed E-state index contributed by atoms with van der Waals surface area (Å²) in [5.41, 5.74) is 6.67. The van der Waals surface area contributed by atoms with E-state index in [0.717, 1.165) is 0 Å². The first kappa shape index (κ1) is 16.1. The topological polar surface area (TPSA) is 66.5 Å². The van der Waals surface area contributed by atoms with E-state index in [0.29, 0.717) is 11.1 Å². The Labute approximate surface area is 105 Å². The van der Waals surface area contributed by atoms with Gasteiger partial charge < -0.3 is 15.9 Å². The van der Waals surface area contributed by atoms with Crippen molar-refractivity contribution in [3.8, 4) is 5.75 Å². The number of phenolic OH excluding ortho intramolecular Hbond substituents is 1. The molecule has 1 rings (SSSR count). The van der Waals surface area contributed by atoms with Crippen LogP contribution in [0.4, 0.5) is 8.78 Å². The molecule has 17 heavy (non-hydrogen) atoms. The van der Waals surface area contributed by atoms with Crippen LogP contribution in [0.25, 0.3) is 0 Å². The summed E-state index contributed by atoms with van der Waals surface area (Å²) in [5, 5.41) is 17.9. The molecule has 6 heteroatoms. The molecule has 0 saturated heterocycles. The fourth-order valence-corrected chi connectivity index (χ4v) is 1.75. The molecule has 1 aromatic rings. The van der Waals surface area contributed by atoms with Gasteiger partial charge in [0, 0.05) is 0 Å². The minimum absolute atomic E-state index is 0. The summed E-state index contributed by atoms with van der Waals surface area (Å²) in [6.07, 6.45) is 0. The van der Waals surface area contributed by atoms with Crippen LogP contribution in [-0.4, -0.2) is 22.7 Å². The van der Waals surface area contributed by atoms with Crippen molar-refractivity contribution >= 4 is 12.4 Å². The van der Waals surface area contributed by atoms with Gasteiger partial charge in [-0.05, 0) is 42.7 Å². The van der Waals surface area contributed by atoms with Gasteiger partial charge in [-0.2, -0.15) is 0 Å². The minimum atomic E-state index is -3.37. The number of hydrogen-bond donors (Lipinski definition) is 3. The second kappa shape index (κ2) is 5.62. The summed E-state index contributed by atoms with van der Waals surface area (Å²) in [7, 11) is 0. The fourth-order valence-electron chi connectivity index (χ4n) is 1.75. The number of aliphatic hydroxyl groups is 1. The predicted molar refractivity (Wildman–Crippen MR) is 63.8 cm³/mol. The smallest absolute Gasteiger partial charge is 0.289 e. The summed E-state index contributed by atoms with van der Waals surface area (Å²) < 4.78 is 26.5. The molecule has 0 fully saturated rings. The first-order valence-electron chi connectivity index (χ1n) is 4.84. The molecular weight excluding hydrogens is 252 g/mol. The molecule has 0 aliphatic rings. The number of hydrogen-bond acceptors (Lipinski definition) is 3. The van der Waals surface area contributed by atoms with Crippen LogP contribution in [0.3, 0.4) is 0 Å². The molecule has 3 nitrogen and oxygen atoms in total. The van der Waals surface area contributed by atoms with Crippen molar-refractivity contribution in [2.75, 3.05) is 6.61 Å². The van der Waals surface area contributed by atoms with Gasteiger partial charge in [-0.25, -0.2) is 8.78 Å². The first-order chi connectivity index (χ1) is 7.29. The normalized spacial score (nSPS) is 13.1. The molecule has 4 N–H and O–H groups in total. The molecule has 0 aromatic heterocycles. The third-order valence-electron chi connectivity index (χ3n) is 2.56. The molecule has 1 aromatic carbocycles. The van der Waals surface area contributed by atoms with Crippen LogP contribution in [0, 0.1) is 13.8 Å². The Balaban J connectivity index is 0.00000256. The lowest BCUT2D eigenvalue weighted by atomic mass is 9.92. The average molecular weight is 268 g/mol. The van der Waals surface area contributed by atoms with Gasteiger partial charge in [-0.3, -0.25) is 0 Å². The molecule has 0 amide bonds. The number of aryl methyl sites for hydroxylation is 2. The van der Waals surface area contributed by atoms with E-state index in [4.69, 9.17) is 10.8 Å². The summed E-state index contributed by atoms with van der Waals surface area (Å²) in [4.78, 5) is 0. The molecule has 0 radical (unpaired) electrons. The van der Waals surface area contributed by atoms with Crippen LogP contribution in [0.2, 0.25) is 0 Å². The van der Waals surface area contributed by atoms with E-state index < -0.39 is 18.6 Å². The molecule has 0 saturated carbocycles. The maximum atomic E-state index is 13.3. The van der Waals surface area contributed by atoms with Crippen molar-refractivity contribution in [2.45, 2.75) is 25.8 Å². The zero-order valence-corrected chi connectivity index (χ0v) is 10.4. The van der Waals surface area contributed by atoms with Crippen LogP contribution in [0.15, 0.2) is 12.1 Å².